The maximum Gasteiger partial charge on any atom is 0.211 e. The fourth-order valence-electron chi connectivity index (χ4n) is 2.53. The zero-order valence-corrected chi connectivity index (χ0v) is 11.5. The molecule has 2 N–H and O–H groups in total. The van der Waals surface area contributed by atoms with Crippen LogP contribution in [0.25, 0.3) is 0 Å². The maximum absolute atomic E-state index is 12.0. The molecule has 0 aromatic heterocycles. The number of nitrogens with one attached hydrogen (secondary N) is 2. The van der Waals surface area contributed by atoms with Crippen LogP contribution in [0.4, 0.5) is 0 Å². The van der Waals surface area contributed by atoms with Gasteiger partial charge in [-0.2, -0.15) is 0 Å². The lowest BCUT2D eigenvalue weighted by Crippen LogP contribution is -2.39. The van der Waals surface area contributed by atoms with Gasteiger partial charge in [-0.05, 0) is 56.5 Å². The Morgan fingerprint density at radius 3 is 2.71 bits per heavy atom. The second-order valence-corrected chi connectivity index (χ2v) is 7.52. The third-order valence-corrected chi connectivity index (χ3v) is 5.72. The Labute approximate surface area is 105 Å². The van der Waals surface area contributed by atoms with Gasteiger partial charge in [0.2, 0.25) is 10.0 Å². The van der Waals surface area contributed by atoms with Crippen LogP contribution in [0.3, 0.4) is 0 Å². The fraction of sp³-hybridized carbons (Fsp3) is 1.00. The first-order valence-corrected chi connectivity index (χ1v) is 8.39. The SMILES string of the molecule is CCC1(CNS(=O)(=O)CC2CCCNC2)CC1. The highest BCUT2D eigenvalue weighted by Gasteiger charge is 2.41. The van der Waals surface area contributed by atoms with Crippen LogP contribution in [0.5, 0.6) is 0 Å². The van der Waals surface area contributed by atoms with E-state index < -0.39 is 10.0 Å². The van der Waals surface area contributed by atoms with E-state index in [-0.39, 0.29) is 11.3 Å². The fourth-order valence-corrected chi connectivity index (χ4v) is 4.08. The summed E-state index contributed by atoms with van der Waals surface area (Å²) in [6.45, 7) is 4.67. The topological polar surface area (TPSA) is 58.2 Å². The third kappa shape index (κ3) is 3.93. The molecule has 2 fully saturated rings. The first kappa shape index (κ1) is 13.3. The molecule has 0 spiro atoms. The number of piperidine rings is 1. The molecule has 0 aromatic rings. The van der Waals surface area contributed by atoms with E-state index in [9.17, 15) is 8.42 Å². The van der Waals surface area contributed by atoms with E-state index >= 15 is 0 Å². The van der Waals surface area contributed by atoms with Crippen molar-refractivity contribution in [2.75, 3.05) is 25.4 Å². The van der Waals surface area contributed by atoms with Crippen molar-refractivity contribution in [3.63, 3.8) is 0 Å². The largest absolute Gasteiger partial charge is 0.316 e. The minimum atomic E-state index is -3.07. The second kappa shape index (κ2) is 5.24. The minimum absolute atomic E-state index is 0.290. The Bertz CT molecular complexity index is 344. The van der Waals surface area contributed by atoms with Gasteiger partial charge in [-0.15, -0.1) is 0 Å². The molecule has 4 nitrogen and oxygen atoms in total. The summed E-state index contributed by atoms with van der Waals surface area (Å²) in [5, 5.41) is 3.26. The van der Waals surface area contributed by atoms with Crippen LogP contribution < -0.4 is 10.0 Å². The molecule has 1 aliphatic carbocycles. The first-order valence-electron chi connectivity index (χ1n) is 6.73. The molecule has 1 saturated carbocycles. The van der Waals surface area contributed by atoms with Crippen LogP contribution in [0.2, 0.25) is 0 Å². The van der Waals surface area contributed by atoms with Crippen LogP contribution in [0.15, 0.2) is 0 Å². The zero-order chi connectivity index (χ0) is 12.4. The van der Waals surface area contributed by atoms with E-state index in [1.807, 2.05) is 0 Å². The molecule has 100 valence electrons. The summed E-state index contributed by atoms with van der Waals surface area (Å²) in [7, 11) is -3.07. The molecule has 2 aliphatic rings. The molecule has 0 radical (unpaired) electrons. The predicted octanol–water partition coefficient (Wildman–Crippen LogP) is 1.10. The van der Waals surface area contributed by atoms with Crippen LogP contribution >= 0.6 is 0 Å². The van der Waals surface area contributed by atoms with Gasteiger partial charge in [0.1, 0.15) is 0 Å². The monoisotopic (exact) mass is 260 g/mol. The van der Waals surface area contributed by atoms with E-state index in [4.69, 9.17) is 0 Å². The van der Waals surface area contributed by atoms with E-state index in [1.54, 1.807) is 0 Å². The van der Waals surface area contributed by atoms with Gasteiger partial charge in [0, 0.05) is 6.54 Å². The Morgan fingerprint density at radius 2 is 2.18 bits per heavy atom. The van der Waals surface area contributed by atoms with Crippen LogP contribution in [-0.4, -0.2) is 33.8 Å². The van der Waals surface area contributed by atoms with Gasteiger partial charge in [0.05, 0.1) is 5.75 Å². The van der Waals surface area contributed by atoms with Crippen molar-refractivity contribution in [2.45, 2.75) is 39.0 Å². The van der Waals surface area contributed by atoms with Gasteiger partial charge >= 0.3 is 0 Å². The summed E-state index contributed by atoms with van der Waals surface area (Å²) in [5.74, 6) is 0.581. The molecule has 0 aromatic carbocycles. The molecule has 0 bridgehead atoms. The van der Waals surface area contributed by atoms with Crippen molar-refractivity contribution < 1.29 is 8.42 Å². The van der Waals surface area contributed by atoms with Crippen molar-refractivity contribution in [1.82, 2.24) is 10.0 Å². The van der Waals surface area contributed by atoms with E-state index in [0.717, 1.165) is 32.4 Å². The highest BCUT2D eigenvalue weighted by atomic mass is 32.2. The van der Waals surface area contributed by atoms with Crippen molar-refractivity contribution in [3.8, 4) is 0 Å². The van der Waals surface area contributed by atoms with Gasteiger partial charge < -0.3 is 5.32 Å². The molecule has 2 rings (SSSR count). The molecule has 0 amide bonds. The maximum atomic E-state index is 12.0. The summed E-state index contributed by atoms with van der Waals surface area (Å²) < 4.78 is 26.7. The average Bonchev–Trinajstić information content (AvgIpc) is 3.08. The zero-order valence-electron chi connectivity index (χ0n) is 10.7. The normalized spacial score (nSPS) is 27.9. The van der Waals surface area contributed by atoms with Gasteiger partial charge in [-0.3, -0.25) is 0 Å². The summed E-state index contributed by atoms with van der Waals surface area (Å²) in [5.41, 5.74) is 0.290. The number of hydrogen-bond donors (Lipinski definition) is 2. The summed E-state index contributed by atoms with van der Waals surface area (Å²) >= 11 is 0. The Balaban J connectivity index is 1.77. The summed E-state index contributed by atoms with van der Waals surface area (Å²) in [6.07, 6.45) is 5.57. The van der Waals surface area contributed by atoms with E-state index in [1.165, 1.54) is 12.8 Å². The van der Waals surface area contributed by atoms with Gasteiger partial charge in [-0.25, -0.2) is 13.1 Å². The smallest absolute Gasteiger partial charge is 0.211 e. The lowest BCUT2D eigenvalue weighted by atomic mass is 10.0. The predicted molar refractivity (Wildman–Crippen MR) is 69.3 cm³/mol. The Kier molecular flexibility index (Phi) is 4.10. The first-order chi connectivity index (χ1) is 8.05. The standard InChI is InChI=1S/C12H24N2O2S/c1-2-12(5-6-12)10-14-17(15,16)9-11-4-3-7-13-8-11/h11,13-14H,2-10H2,1H3. The molecular formula is C12H24N2O2S. The van der Waals surface area contributed by atoms with Gasteiger partial charge in [0.15, 0.2) is 0 Å². The van der Waals surface area contributed by atoms with Crippen LogP contribution in [-0.2, 0) is 10.0 Å². The van der Waals surface area contributed by atoms with Crippen molar-refractivity contribution in [1.29, 1.82) is 0 Å². The van der Waals surface area contributed by atoms with Crippen LogP contribution in [0, 0.1) is 11.3 Å². The second-order valence-electron chi connectivity index (χ2n) is 5.67. The molecule has 1 unspecified atom stereocenters. The molecular weight excluding hydrogens is 236 g/mol. The van der Waals surface area contributed by atoms with Crippen molar-refractivity contribution in [3.05, 3.63) is 0 Å². The van der Waals surface area contributed by atoms with Gasteiger partial charge in [-0.1, -0.05) is 6.92 Å². The lowest BCUT2D eigenvalue weighted by Gasteiger charge is -2.23. The lowest BCUT2D eigenvalue weighted by molar-refractivity contribution is 0.401. The molecule has 5 heteroatoms. The molecule has 1 heterocycles. The number of hydrogen-bond acceptors (Lipinski definition) is 3. The Hall–Kier alpha value is -0.130. The summed E-state index contributed by atoms with van der Waals surface area (Å²) in [6, 6.07) is 0. The molecule has 17 heavy (non-hydrogen) atoms. The minimum Gasteiger partial charge on any atom is -0.316 e. The van der Waals surface area contributed by atoms with Crippen molar-refractivity contribution >= 4 is 10.0 Å². The summed E-state index contributed by atoms with van der Waals surface area (Å²) in [4.78, 5) is 0. The van der Waals surface area contributed by atoms with Gasteiger partial charge in [0.25, 0.3) is 0 Å². The quantitative estimate of drug-likeness (QED) is 0.752. The molecule has 1 atom stereocenters. The average molecular weight is 260 g/mol. The highest BCUT2D eigenvalue weighted by Crippen LogP contribution is 2.47. The third-order valence-electron chi connectivity index (χ3n) is 4.23. The number of rotatable bonds is 6. The van der Waals surface area contributed by atoms with Crippen LogP contribution in [0.1, 0.15) is 39.0 Å². The van der Waals surface area contributed by atoms with E-state index in [0.29, 0.717) is 12.3 Å². The van der Waals surface area contributed by atoms with E-state index in [2.05, 4.69) is 17.0 Å². The van der Waals surface area contributed by atoms with Crippen molar-refractivity contribution in [2.24, 2.45) is 11.3 Å². The molecule has 1 saturated heterocycles. The highest BCUT2D eigenvalue weighted by molar-refractivity contribution is 7.89. The number of sulfonamides is 1. The molecule has 1 aliphatic heterocycles. The Morgan fingerprint density at radius 1 is 1.41 bits per heavy atom.